The molecule has 0 saturated heterocycles. The number of aromatic carboxylic acids is 1. The average molecular weight is 296 g/mol. The lowest BCUT2D eigenvalue weighted by molar-refractivity contribution is 0.0664. The van der Waals surface area contributed by atoms with E-state index in [9.17, 15) is 14.1 Å². The monoisotopic (exact) mass is 296 g/mol. The number of carbonyl (C=O) groups is 1. The van der Waals surface area contributed by atoms with E-state index in [0.717, 1.165) is 0 Å². The number of carboxylic acid groups (broad SMARTS) is 1. The van der Waals surface area contributed by atoms with Crippen molar-refractivity contribution < 1.29 is 23.3 Å². The normalized spacial score (nSPS) is 12.7. The van der Waals surface area contributed by atoms with Crippen LogP contribution in [0.25, 0.3) is 11.0 Å². The highest BCUT2D eigenvalue weighted by Gasteiger charge is 2.21. The van der Waals surface area contributed by atoms with E-state index in [2.05, 4.69) is 0 Å². The van der Waals surface area contributed by atoms with Crippen LogP contribution in [0.2, 0.25) is 0 Å². The Morgan fingerprint density at radius 3 is 2.85 bits per heavy atom. The largest absolute Gasteiger partial charge is 0.475 e. The minimum atomic E-state index is -1.14. The van der Waals surface area contributed by atoms with Crippen molar-refractivity contribution >= 4 is 27.7 Å². The number of rotatable bonds is 7. The highest BCUT2D eigenvalue weighted by molar-refractivity contribution is 7.84. The predicted molar refractivity (Wildman–Crippen MR) is 76.4 cm³/mol. The van der Waals surface area contributed by atoms with Crippen molar-refractivity contribution in [2.75, 3.05) is 19.5 Å². The zero-order valence-corrected chi connectivity index (χ0v) is 11.9. The second kappa shape index (κ2) is 6.67. The molecule has 1 N–H and O–H groups in total. The molecule has 1 aromatic heterocycles. The molecular formula is C14H16O5S. The van der Waals surface area contributed by atoms with Gasteiger partial charge in [-0.25, -0.2) is 4.79 Å². The lowest BCUT2D eigenvalue weighted by Crippen LogP contribution is -2.07. The van der Waals surface area contributed by atoms with Gasteiger partial charge in [0.1, 0.15) is 5.58 Å². The molecule has 0 aliphatic rings. The summed E-state index contributed by atoms with van der Waals surface area (Å²) in [6.45, 7) is 0.545. The van der Waals surface area contributed by atoms with Crippen molar-refractivity contribution in [3.8, 4) is 0 Å². The van der Waals surface area contributed by atoms with Gasteiger partial charge in [-0.3, -0.25) is 4.21 Å². The highest BCUT2D eigenvalue weighted by Crippen LogP contribution is 2.27. The number of benzene rings is 1. The van der Waals surface area contributed by atoms with Crippen molar-refractivity contribution in [2.24, 2.45) is 0 Å². The number of hydrogen-bond donors (Lipinski definition) is 1. The molecule has 5 nitrogen and oxygen atoms in total. The first-order valence-corrected chi connectivity index (χ1v) is 7.70. The van der Waals surface area contributed by atoms with Crippen molar-refractivity contribution in [1.82, 2.24) is 0 Å². The van der Waals surface area contributed by atoms with Crippen LogP contribution >= 0.6 is 0 Å². The number of fused-ring (bicyclic) bond motifs is 1. The van der Waals surface area contributed by atoms with Crippen LogP contribution < -0.4 is 0 Å². The minimum absolute atomic E-state index is 0.119. The van der Waals surface area contributed by atoms with Gasteiger partial charge in [0, 0.05) is 41.2 Å². The smallest absolute Gasteiger partial charge is 0.372 e. The van der Waals surface area contributed by atoms with Gasteiger partial charge in [0.05, 0.1) is 5.75 Å². The predicted octanol–water partition coefficient (Wildman–Crippen LogP) is 2.42. The average Bonchev–Trinajstić information content (AvgIpc) is 2.78. The molecule has 2 aromatic rings. The summed E-state index contributed by atoms with van der Waals surface area (Å²) < 4.78 is 22.3. The fourth-order valence-corrected chi connectivity index (χ4v) is 3.20. The third-order valence-corrected chi connectivity index (χ3v) is 4.27. The summed E-state index contributed by atoms with van der Waals surface area (Å²) in [4.78, 5) is 11.2. The van der Waals surface area contributed by atoms with Crippen LogP contribution in [0.1, 0.15) is 22.5 Å². The van der Waals surface area contributed by atoms with Crippen molar-refractivity contribution in [3.05, 3.63) is 35.6 Å². The van der Waals surface area contributed by atoms with E-state index in [1.54, 1.807) is 31.4 Å². The zero-order chi connectivity index (χ0) is 14.5. The quantitative estimate of drug-likeness (QED) is 0.794. The number of para-hydroxylation sites is 1. The molecule has 0 aliphatic heterocycles. The molecule has 6 heteroatoms. The van der Waals surface area contributed by atoms with Crippen LogP contribution in [0, 0.1) is 0 Å². The van der Waals surface area contributed by atoms with Gasteiger partial charge in [-0.1, -0.05) is 18.2 Å². The molecular weight excluding hydrogens is 280 g/mol. The molecule has 1 unspecified atom stereocenters. The van der Waals surface area contributed by atoms with E-state index < -0.39 is 16.8 Å². The van der Waals surface area contributed by atoms with Crippen molar-refractivity contribution in [3.63, 3.8) is 0 Å². The van der Waals surface area contributed by atoms with E-state index in [1.807, 2.05) is 0 Å². The third-order valence-electron chi connectivity index (χ3n) is 2.92. The molecule has 1 atom stereocenters. The number of furan rings is 1. The van der Waals surface area contributed by atoms with E-state index in [-0.39, 0.29) is 11.5 Å². The summed E-state index contributed by atoms with van der Waals surface area (Å²) in [5, 5.41) is 9.89. The van der Waals surface area contributed by atoms with Crippen molar-refractivity contribution in [2.45, 2.75) is 12.2 Å². The lowest BCUT2D eigenvalue weighted by Gasteiger charge is -2.02. The fourth-order valence-electron chi connectivity index (χ4n) is 2.01. The molecule has 2 rings (SSSR count). The van der Waals surface area contributed by atoms with E-state index in [4.69, 9.17) is 9.15 Å². The molecule has 20 heavy (non-hydrogen) atoms. The van der Waals surface area contributed by atoms with Gasteiger partial charge < -0.3 is 14.3 Å². The third kappa shape index (κ3) is 3.26. The Balaban J connectivity index is 2.25. The Hall–Kier alpha value is -1.66. The first-order chi connectivity index (χ1) is 9.63. The fraction of sp³-hybridized carbons (Fsp3) is 0.357. The molecule has 1 aromatic carbocycles. The highest BCUT2D eigenvalue weighted by atomic mass is 32.2. The molecule has 108 valence electrons. The van der Waals surface area contributed by atoms with E-state index >= 15 is 0 Å². The first kappa shape index (κ1) is 14.7. The Labute approximate surface area is 119 Å². The molecule has 0 spiro atoms. The van der Waals surface area contributed by atoms with Crippen LogP contribution in [0.15, 0.2) is 28.7 Å². The SMILES string of the molecule is COCCCS(=O)Cc1c(C(=O)O)oc2ccccc12. The molecule has 1 heterocycles. The molecule has 0 radical (unpaired) electrons. The maximum absolute atomic E-state index is 12.0. The van der Waals surface area contributed by atoms with Gasteiger partial charge in [0.2, 0.25) is 5.76 Å². The van der Waals surface area contributed by atoms with Crippen LogP contribution in [-0.2, 0) is 21.3 Å². The minimum Gasteiger partial charge on any atom is -0.475 e. The summed E-state index contributed by atoms with van der Waals surface area (Å²) in [5.41, 5.74) is 1.01. The Morgan fingerprint density at radius 1 is 1.40 bits per heavy atom. The van der Waals surface area contributed by atoms with Crippen LogP contribution in [0.4, 0.5) is 0 Å². The van der Waals surface area contributed by atoms with Crippen molar-refractivity contribution in [1.29, 1.82) is 0 Å². The Bertz CT molecular complexity index is 632. The topological polar surface area (TPSA) is 76.7 Å². The summed E-state index contributed by atoms with van der Waals surface area (Å²) in [7, 11) is 0.455. The molecule has 0 saturated carbocycles. The Kier molecular flexibility index (Phi) is 4.92. The van der Waals surface area contributed by atoms with E-state index in [0.29, 0.717) is 35.3 Å². The van der Waals surface area contributed by atoms with Gasteiger partial charge >= 0.3 is 5.97 Å². The number of hydrogen-bond acceptors (Lipinski definition) is 4. The van der Waals surface area contributed by atoms with Gasteiger partial charge in [-0.2, -0.15) is 0 Å². The molecule has 0 bridgehead atoms. The summed E-state index contributed by atoms with van der Waals surface area (Å²) in [6, 6.07) is 7.07. The standard InChI is InChI=1S/C14H16O5S/c1-18-7-4-8-20(17)9-11-10-5-2-3-6-12(10)19-13(11)14(15)16/h2-3,5-6H,4,7-9H2,1H3,(H,15,16). The first-order valence-electron chi connectivity index (χ1n) is 6.21. The maximum Gasteiger partial charge on any atom is 0.372 e. The molecule has 0 aliphatic carbocycles. The van der Waals surface area contributed by atoms with Crippen LogP contribution in [0.5, 0.6) is 0 Å². The second-order valence-electron chi connectivity index (χ2n) is 4.35. The summed E-state index contributed by atoms with van der Waals surface area (Å²) in [5.74, 6) is -0.592. The zero-order valence-electron chi connectivity index (χ0n) is 11.1. The van der Waals surface area contributed by atoms with Gasteiger partial charge in [-0.05, 0) is 12.5 Å². The number of ether oxygens (including phenoxy) is 1. The maximum atomic E-state index is 12.0. The van der Waals surface area contributed by atoms with Gasteiger partial charge in [0.25, 0.3) is 0 Å². The number of methoxy groups -OCH3 is 1. The summed E-state index contributed by atoms with van der Waals surface area (Å²) in [6.07, 6.45) is 0.682. The van der Waals surface area contributed by atoms with Crippen LogP contribution in [0.3, 0.4) is 0 Å². The van der Waals surface area contributed by atoms with Gasteiger partial charge in [-0.15, -0.1) is 0 Å². The lowest BCUT2D eigenvalue weighted by atomic mass is 10.1. The number of carboxylic acids is 1. The van der Waals surface area contributed by atoms with Crippen LogP contribution in [-0.4, -0.2) is 34.8 Å². The Morgan fingerprint density at radius 2 is 2.15 bits per heavy atom. The summed E-state index contributed by atoms with van der Waals surface area (Å²) >= 11 is 0. The second-order valence-corrected chi connectivity index (χ2v) is 5.92. The van der Waals surface area contributed by atoms with E-state index in [1.165, 1.54) is 0 Å². The van der Waals surface area contributed by atoms with Gasteiger partial charge in [0.15, 0.2) is 0 Å². The molecule has 0 fully saturated rings. The molecule has 0 amide bonds.